The van der Waals surface area contributed by atoms with Crippen LogP contribution in [-0.4, -0.2) is 46.0 Å². The first-order valence-corrected chi connectivity index (χ1v) is 11.4. The predicted molar refractivity (Wildman–Crippen MR) is 139 cm³/mol. The van der Waals surface area contributed by atoms with Crippen LogP contribution in [0.1, 0.15) is 32.6 Å². The van der Waals surface area contributed by atoms with Gasteiger partial charge in [-0.15, -0.1) is 0 Å². The molecule has 0 saturated carbocycles. The molecule has 37 heavy (non-hydrogen) atoms. The number of hydrogen-bond donors (Lipinski definition) is 1. The third-order valence-electron chi connectivity index (χ3n) is 5.62. The second-order valence-corrected chi connectivity index (χ2v) is 8.11. The van der Waals surface area contributed by atoms with Crippen LogP contribution in [0.25, 0.3) is 0 Å². The summed E-state index contributed by atoms with van der Waals surface area (Å²) in [5.74, 6) is 1.13. The average Bonchev–Trinajstić information content (AvgIpc) is 2.90. The van der Waals surface area contributed by atoms with E-state index in [2.05, 4.69) is 10.5 Å². The van der Waals surface area contributed by atoms with E-state index in [0.717, 1.165) is 16.7 Å². The number of hydrazone groups is 1. The van der Waals surface area contributed by atoms with Crippen LogP contribution in [0.5, 0.6) is 28.7 Å². The Morgan fingerprint density at radius 3 is 2.05 bits per heavy atom. The smallest absolute Gasteiger partial charge is 0.343 e. The molecule has 0 heterocycles. The fraction of sp³-hybridized carbons (Fsp3) is 0.250. The maximum Gasteiger partial charge on any atom is 0.343 e. The van der Waals surface area contributed by atoms with Crippen molar-refractivity contribution in [2.24, 2.45) is 5.10 Å². The zero-order valence-corrected chi connectivity index (χ0v) is 21.7. The highest BCUT2D eigenvalue weighted by atomic mass is 16.5. The minimum Gasteiger partial charge on any atom is -0.493 e. The quantitative estimate of drug-likeness (QED) is 0.188. The molecule has 0 atom stereocenters. The Bertz CT molecular complexity index is 1280. The lowest BCUT2D eigenvalue weighted by atomic mass is 10.1. The van der Waals surface area contributed by atoms with Crippen LogP contribution in [0.3, 0.4) is 0 Å². The fourth-order valence-electron chi connectivity index (χ4n) is 3.48. The molecule has 0 bridgehead atoms. The molecule has 3 rings (SSSR count). The molecule has 0 spiro atoms. The molecule has 0 aliphatic carbocycles. The van der Waals surface area contributed by atoms with Crippen molar-refractivity contribution in [2.75, 3.05) is 27.9 Å². The number of esters is 1. The Balaban J connectivity index is 1.56. The Morgan fingerprint density at radius 2 is 1.46 bits per heavy atom. The van der Waals surface area contributed by atoms with Gasteiger partial charge >= 0.3 is 5.97 Å². The zero-order chi connectivity index (χ0) is 26.9. The van der Waals surface area contributed by atoms with Gasteiger partial charge in [0.25, 0.3) is 5.91 Å². The minimum atomic E-state index is -0.591. The zero-order valence-electron chi connectivity index (χ0n) is 21.7. The molecular formula is C28H30N2O7. The van der Waals surface area contributed by atoms with Gasteiger partial charge in [-0.1, -0.05) is 12.1 Å². The summed E-state index contributed by atoms with van der Waals surface area (Å²) in [7, 11) is 4.41. The largest absolute Gasteiger partial charge is 0.493 e. The number of carbonyl (C=O) groups excluding carboxylic acids is 2. The lowest BCUT2D eigenvalue weighted by molar-refractivity contribution is -0.123. The van der Waals surface area contributed by atoms with E-state index < -0.39 is 5.97 Å². The fourth-order valence-corrected chi connectivity index (χ4v) is 3.48. The van der Waals surface area contributed by atoms with Gasteiger partial charge in [-0.2, -0.15) is 5.10 Å². The second kappa shape index (κ2) is 12.4. The number of hydrogen-bond acceptors (Lipinski definition) is 8. The van der Waals surface area contributed by atoms with Crippen molar-refractivity contribution in [3.63, 3.8) is 0 Å². The molecule has 3 aromatic carbocycles. The third-order valence-corrected chi connectivity index (χ3v) is 5.62. The lowest BCUT2D eigenvalue weighted by Gasteiger charge is -2.13. The second-order valence-electron chi connectivity index (χ2n) is 8.11. The number of carbonyl (C=O) groups is 2. The van der Waals surface area contributed by atoms with Gasteiger partial charge in [0.15, 0.2) is 18.1 Å². The van der Waals surface area contributed by atoms with Gasteiger partial charge in [0.05, 0.1) is 33.1 Å². The van der Waals surface area contributed by atoms with Crippen LogP contribution in [0.4, 0.5) is 0 Å². The summed E-state index contributed by atoms with van der Waals surface area (Å²) in [6.07, 6.45) is 1.48. The average molecular weight is 507 g/mol. The van der Waals surface area contributed by atoms with Crippen LogP contribution in [-0.2, 0) is 4.79 Å². The summed E-state index contributed by atoms with van der Waals surface area (Å²) < 4.78 is 27.0. The van der Waals surface area contributed by atoms with Crippen LogP contribution >= 0.6 is 0 Å². The molecule has 0 aliphatic heterocycles. The standard InChI is InChI=1S/C28H30N2O7/c1-17-7-8-18(2)26(19(17)3)36-16-25(31)30-29-15-20-9-11-22(12-10-20)37-28(32)21-13-23(33-4)27(35-6)24(14-21)34-5/h7-15H,16H2,1-6H3,(H,30,31)/b29-15+. The van der Waals surface area contributed by atoms with E-state index in [-0.39, 0.29) is 18.1 Å². The van der Waals surface area contributed by atoms with E-state index in [4.69, 9.17) is 23.7 Å². The summed E-state index contributed by atoms with van der Waals surface area (Å²) in [6, 6.07) is 13.6. The Morgan fingerprint density at radius 1 is 0.838 bits per heavy atom. The summed E-state index contributed by atoms with van der Waals surface area (Å²) >= 11 is 0. The van der Waals surface area contributed by atoms with Crippen LogP contribution < -0.4 is 29.1 Å². The van der Waals surface area contributed by atoms with Gasteiger partial charge in [-0.25, -0.2) is 10.2 Å². The SMILES string of the molecule is COc1cc(C(=O)Oc2ccc(/C=N/NC(=O)COc3c(C)ccc(C)c3C)cc2)cc(OC)c1OC. The van der Waals surface area contributed by atoms with Gasteiger partial charge in [0, 0.05) is 0 Å². The van der Waals surface area contributed by atoms with Crippen molar-refractivity contribution >= 4 is 18.1 Å². The van der Waals surface area contributed by atoms with Gasteiger partial charge < -0.3 is 23.7 Å². The summed E-state index contributed by atoms with van der Waals surface area (Å²) in [5.41, 5.74) is 6.43. The molecule has 1 N–H and O–H groups in total. The number of benzene rings is 3. The molecule has 194 valence electrons. The number of amides is 1. The molecule has 9 nitrogen and oxygen atoms in total. The molecule has 0 aliphatic rings. The lowest BCUT2D eigenvalue weighted by Crippen LogP contribution is -2.25. The molecule has 0 unspecified atom stereocenters. The van der Waals surface area contributed by atoms with Crippen LogP contribution in [0, 0.1) is 20.8 Å². The van der Waals surface area contributed by atoms with E-state index in [9.17, 15) is 9.59 Å². The third kappa shape index (κ3) is 6.78. The molecule has 0 aromatic heterocycles. The van der Waals surface area contributed by atoms with Crippen molar-refractivity contribution in [3.05, 3.63) is 76.3 Å². The molecule has 0 radical (unpaired) electrons. The highest BCUT2D eigenvalue weighted by molar-refractivity contribution is 5.93. The van der Waals surface area contributed by atoms with Gasteiger partial charge in [-0.05, 0) is 79.4 Å². The topological polar surface area (TPSA) is 105 Å². The molecule has 3 aromatic rings. The maximum atomic E-state index is 12.6. The number of ether oxygens (including phenoxy) is 5. The van der Waals surface area contributed by atoms with Crippen molar-refractivity contribution < 1.29 is 33.3 Å². The first-order chi connectivity index (χ1) is 17.8. The monoisotopic (exact) mass is 506 g/mol. The van der Waals surface area contributed by atoms with Crippen LogP contribution in [0.15, 0.2) is 53.6 Å². The van der Waals surface area contributed by atoms with E-state index in [1.165, 1.54) is 39.7 Å². The molecule has 0 fully saturated rings. The van der Waals surface area contributed by atoms with Gasteiger partial charge in [0.1, 0.15) is 11.5 Å². The number of aryl methyl sites for hydroxylation is 2. The van der Waals surface area contributed by atoms with E-state index in [1.54, 1.807) is 24.3 Å². The highest BCUT2D eigenvalue weighted by Crippen LogP contribution is 2.38. The Hall–Kier alpha value is -4.53. The first-order valence-electron chi connectivity index (χ1n) is 11.4. The Labute approximate surface area is 216 Å². The van der Waals surface area contributed by atoms with Crippen molar-refractivity contribution in [1.82, 2.24) is 5.43 Å². The van der Waals surface area contributed by atoms with E-state index in [0.29, 0.717) is 34.3 Å². The predicted octanol–water partition coefficient (Wildman–Crippen LogP) is 4.39. The molecular weight excluding hydrogens is 476 g/mol. The normalized spacial score (nSPS) is 10.6. The van der Waals surface area contributed by atoms with E-state index >= 15 is 0 Å². The summed E-state index contributed by atoms with van der Waals surface area (Å²) in [5, 5.41) is 3.96. The Kier molecular flexibility index (Phi) is 9.10. The molecule has 1 amide bonds. The number of nitrogens with one attached hydrogen (secondary N) is 1. The van der Waals surface area contributed by atoms with Gasteiger partial charge in [-0.3, -0.25) is 4.79 Å². The van der Waals surface area contributed by atoms with Gasteiger partial charge in [0.2, 0.25) is 5.75 Å². The van der Waals surface area contributed by atoms with Crippen molar-refractivity contribution in [2.45, 2.75) is 20.8 Å². The number of rotatable bonds is 10. The summed E-state index contributed by atoms with van der Waals surface area (Å²) in [4.78, 5) is 24.8. The molecule has 0 saturated heterocycles. The minimum absolute atomic E-state index is 0.154. The molecule has 9 heteroatoms. The highest BCUT2D eigenvalue weighted by Gasteiger charge is 2.18. The number of nitrogens with zero attached hydrogens (tertiary/aromatic N) is 1. The first kappa shape index (κ1) is 27.1. The van der Waals surface area contributed by atoms with Crippen molar-refractivity contribution in [3.8, 4) is 28.7 Å². The number of methoxy groups -OCH3 is 3. The van der Waals surface area contributed by atoms with E-state index in [1.807, 2.05) is 32.9 Å². The van der Waals surface area contributed by atoms with Crippen molar-refractivity contribution in [1.29, 1.82) is 0 Å². The van der Waals surface area contributed by atoms with Crippen LogP contribution in [0.2, 0.25) is 0 Å². The summed E-state index contributed by atoms with van der Waals surface area (Å²) in [6.45, 7) is 5.73. The maximum absolute atomic E-state index is 12.6.